The SMILES string of the molecule is c1ccc2nc3cc(OCCCN4CCCC4)ccc3cc2c1. The monoisotopic (exact) mass is 306 g/mol. The van der Waals surface area contributed by atoms with Crippen LogP contribution in [0.4, 0.5) is 0 Å². The van der Waals surface area contributed by atoms with Crippen LogP contribution in [0.2, 0.25) is 0 Å². The minimum absolute atomic E-state index is 0.773. The van der Waals surface area contributed by atoms with Crippen molar-refractivity contribution in [3.8, 4) is 5.75 Å². The van der Waals surface area contributed by atoms with Gasteiger partial charge in [-0.05, 0) is 56.6 Å². The van der Waals surface area contributed by atoms with Crippen LogP contribution in [0.3, 0.4) is 0 Å². The quantitative estimate of drug-likeness (QED) is 0.520. The first kappa shape index (κ1) is 14.5. The molecule has 1 fully saturated rings. The summed E-state index contributed by atoms with van der Waals surface area (Å²) >= 11 is 0. The van der Waals surface area contributed by atoms with E-state index in [1.807, 2.05) is 12.1 Å². The number of nitrogens with zero attached hydrogens (tertiary/aromatic N) is 2. The smallest absolute Gasteiger partial charge is 0.121 e. The zero-order chi connectivity index (χ0) is 15.5. The van der Waals surface area contributed by atoms with Gasteiger partial charge in [0.25, 0.3) is 0 Å². The highest BCUT2D eigenvalue weighted by molar-refractivity contribution is 5.93. The van der Waals surface area contributed by atoms with Gasteiger partial charge in [0, 0.05) is 23.4 Å². The van der Waals surface area contributed by atoms with E-state index in [0.717, 1.165) is 41.7 Å². The molecule has 0 aliphatic carbocycles. The topological polar surface area (TPSA) is 25.4 Å². The Morgan fingerprint density at radius 2 is 1.74 bits per heavy atom. The van der Waals surface area contributed by atoms with Gasteiger partial charge in [-0.2, -0.15) is 0 Å². The molecule has 0 amide bonds. The Morgan fingerprint density at radius 3 is 2.65 bits per heavy atom. The number of hydrogen-bond acceptors (Lipinski definition) is 3. The maximum atomic E-state index is 5.92. The Balaban J connectivity index is 1.44. The van der Waals surface area contributed by atoms with Crippen LogP contribution in [-0.4, -0.2) is 36.1 Å². The lowest BCUT2D eigenvalue weighted by atomic mass is 10.1. The van der Waals surface area contributed by atoms with Gasteiger partial charge in [0.15, 0.2) is 0 Å². The van der Waals surface area contributed by atoms with E-state index in [1.165, 1.54) is 31.3 Å². The van der Waals surface area contributed by atoms with Crippen LogP contribution in [0.1, 0.15) is 19.3 Å². The van der Waals surface area contributed by atoms with Gasteiger partial charge in [-0.25, -0.2) is 4.98 Å². The van der Waals surface area contributed by atoms with Crippen molar-refractivity contribution >= 4 is 21.8 Å². The van der Waals surface area contributed by atoms with Crippen LogP contribution < -0.4 is 4.74 Å². The fourth-order valence-corrected chi connectivity index (χ4v) is 3.33. The molecule has 1 aliphatic heterocycles. The summed E-state index contributed by atoms with van der Waals surface area (Å²) in [6.45, 7) is 4.44. The summed E-state index contributed by atoms with van der Waals surface area (Å²) in [5, 5.41) is 2.34. The largest absolute Gasteiger partial charge is 0.493 e. The number of para-hydroxylation sites is 1. The average Bonchev–Trinajstić information content (AvgIpc) is 3.10. The molecule has 1 aromatic heterocycles. The van der Waals surface area contributed by atoms with Gasteiger partial charge >= 0.3 is 0 Å². The maximum Gasteiger partial charge on any atom is 0.121 e. The number of fused-ring (bicyclic) bond motifs is 2. The molecule has 3 heteroatoms. The van der Waals surface area contributed by atoms with E-state index in [-0.39, 0.29) is 0 Å². The molecule has 0 bridgehead atoms. The van der Waals surface area contributed by atoms with Crippen LogP contribution in [0.15, 0.2) is 48.5 Å². The number of hydrogen-bond donors (Lipinski definition) is 0. The van der Waals surface area contributed by atoms with Gasteiger partial charge in [0.2, 0.25) is 0 Å². The maximum absolute atomic E-state index is 5.92. The van der Waals surface area contributed by atoms with Gasteiger partial charge in [-0.1, -0.05) is 18.2 Å². The molecule has 3 nitrogen and oxygen atoms in total. The highest BCUT2D eigenvalue weighted by Gasteiger charge is 2.10. The molecule has 4 rings (SSSR count). The Morgan fingerprint density at radius 1 is 0.913 bits per heavy atom. The first-order valence-corrected chi connectivity index (χ1v) is 8.53. The van der Waals surface area contributed by atoms with E-state index < -0.39 is 0 Å². The summed E-state index contributed by atoms with van der Waals surface area (Å²) in [5.41, 5.74) is 2.03. The fourth-order valence-electron chi connectivity index (χ4n) is 3.33. The lowest BCUT2D eigenvalue weighted by Gasteiger charge is -2.14. The molecule has 0 spiro atoms. The number of rotatable bonds is 5. The number of pyridine rings is 1. The highest BCUT2D eigenvalue weighted by Crippen LogP contribution is 2.23. The molecule has 0 radical (unpaired) electrons. The zero-order valence-corrected chi connectivity index (χ0v) is 13.4. The van der Waals surface area contributed by atoms with Gasteiger partial charge in [-0.15, -0.1) is 0 Å². The predicted molar refractivity (Wildman–Crippen MR) is 95.0 cm³/mol. The van der Waals surface area contributed by atoms with Crippen molar-refractivity contribution in [2.24, 2.45) is 0 Å². The number of ether oxygens (including phenoxy) is 1. The summed E-state index contributed by atoms with van der Waals surface area (Å²) in [5.74, 6) is 0.918. The first-order chi connectivity index (χ1) is 11.4. The van der Waals surface area contributed by atoms with Crippen LogP contribution in [-0.2, 0) is 0 Å². The average molecular weight is 306 g/mol. The lowest BCUT2D eigenvalue weighted by molar-refractivity contribution is 0.263. The van der Waals surface area contributed by atoms with E-state index in [9.17, 15) is 0 Å². The van der Waals surface area contributed by atoms with Crippen molar-refractivity contribution in [2.45, 2.75) is 19.3 Å². The highest BCUT2D eigenvalue weighted by atomic mass is 16.5. The molecular formula is C20H22N2O. The van der Waals surface area contributed by atoms with E-state index in [0.29, 0.717) is 0 Å². The van der Waals surface area contributed by atoms with Crippen LogP contribution in [0.5, 0.6) is 5.75 Å². The van der Waals surface area contributed by atoms with Gasteiger partial charge < -0.3 is 9.64 Å². The first-order valence-electron chi connectivity index (χ1n) is 8.53. The normalized spacial score (nSPS) is 15.5. The van der Waals surface area contributed by atoms with Crippen LogP contribution in [0, 0.1) is 0 Å². The standard InChI is InChI=1S/C20H22N2O/c1-2-7-19-16(6-1)14-17-8-9-18(15-20(17)21-19)23-13-5-12-22-10-3-4-11-22/h1-2,6-9,14-15H,3-5,10-13H2. The second-order valence-electron chi connectivity index (χ2n) is 6.29. The van der Waals surface area contributed by atoms with Crippen molar-refractivity contribution < 1.29 is 4.74 Å². The molecular weight excluding hydrogens is 284 g/mol. The molecule has 0 unspecified atom stereocenters. The third-order valence-corrected chi connectivity index (χ3v) is 4.58. The predicted octanol–water partition coefficient (Wildman–Crippen LogP) is 4.25. The summed E-state index contributed by atoms with van der Waals surface area (Å²) in [4.78, 5) is 7.27. The van der Waals surface area contributed by atoms with Crippen LogP contribution >= 0.6 is 0 Å². The van der Waals surface area contributed by atoms with Crippen LogP contribution in [0.25, 0.3) is 21.8 Å². The molecule has 2 aromatic carbocycles. The molecule has 0 atom stereocenters. The molecule has 3 aromatic rings. The molecule has 2 heterocycles. The van der Waals surface area contributed by atoms with Crippen molar-refractivity contribution in [2.75, 3.05) is 26.2 Å². The molecule has 118 valence electrons. The van der Waals surface area contributed by atoms with Gasteiger partial charge in [0.1, 0.15) is 5.75 Å². The minimum atomic E-state index is 0.773. The number of likely N-dealkylation sites (tertiary alicyclic amines) is 1. The number of benzene rings is 2. The van der Waals surface area contributed by atoms with Crippen molar-refractivity contribution in [1.29, 1.82) is 0 Å². The van der Waals surface area contributed by atoms with Crippen molar-refractivity contribution in [1.82, 2.24) is 9.88 Å². The van der Waals surface area contributed by atoms with E-state index in [1.54, 1.807) is 0 Å². The lowest BCUT2D eigenvalue weighted by Crippen LogP contribution is -2.21. The molecule has 0 saturated carbocycles. The van der Waals surface area contributed by atoms with E-state index >= 15 is 0 Å². The zero-order valence-electron chi connectivity index (χ0n) is 13.4. The Bertz CT molecular complexity index is 809. The Labute approximate surface area is 136 Å². The summed E-state index contributed by atoms with van der Waals surface area (Å²) in [6.07, 6.45) is 3.79. The van der Waals surface area contributed by atoms with E-state index in [4.69, 9.17) is 9.72 Å². The molecule has 1 aliphatic rings. The summed E-state index contributed by atoms with van der Waals surface area (Å²) in [7, 11) is 0. The second-order valence-corrected chi connectivity index (χ2v) is 6.29. The molecule has 0 N–H and O–H groups in total. The van der Waals surface area contributed by atoms with Crippen molar-refractivity contribution in [3.05, 3.63) is 48.5 Å². The summed E-state index contributed by atoms with van der Waals surface area (Å²) < 4.78 is 5.92. The van der Waals surface area contributed by atoms with Gasteiger partial charge in [-0.3, -0.25) is 0 Å². The van der Waals surface area contributed by atoms with E-state index in [2.05, 4.69) is 41.3 Å². The number of aromatic nitrogens is 1. The fraction of sp³-hybridized carbons (Fsp3) is 0.350. The van der Waals surface area contributed by atoms with Crippen molar-refractivity contribution in [3.63, 3.8) is 0 Å². The third-order valence-electron chi connectivity index (χ3n) is 4.58. The summed E-state index contributed by atoms with van der Waals surface area (Å²) in [6, 6.07) is 16.6. The minimum Gasteiger partial charge on any atom is -0.493 e. The Hall–Kier alpha value is -2.13. The molecule has 1 saturated heterocycles. The molecule has 23 heavy (non-hydrogen) atoms. The van der Waals surface area contributed by atoms with Gasteiger partial charge in [0.05, 0.1) is 17.6 Å². The second kappa shape index (κ2) is 6.55. The Kier molecular flexibility index (Phi) is 4.12. The third kappa shape index (κ3) is 3.30.